The fourth-order valence-electron chi connectivity index (χ4n) is 9.55. The number of unbranched alkanes of at least 4 members (excludes halogenated alkanes) is 31. The summed E-state index contributed by atoms with van der Waals surface area (Å²) in [5.41, 5.74) is 0. The van der Waals surface area contributed by atoms with Gasteiger partial charge < -0.3 is 14.2 Å². The molecule has 6 nitrogen and oxygen atoms in total. The van der Waals surface area contributed by atoms with Crippen LogP contribution in [0.1, 0.15) is 323 Å². The van der Waals surface area contributed by atoms with E-state index in [1.165, 1.54) is 161 Å². The number of hydrogen-bond donors (Lipinski definition) is 0. The molecule has 1 atom stereocenters. The average molecular weight is 1140 g/mol. The predicted molar refractivity (Wildman–Crippen MR) is 357 cm³/mol. The highest BCUT2D eigenvalue weighted by molar-refractivity contribution is 5.71. The number of allylic oxidation sites excluding steroid dienone is 20. The van der Waals surface area contributed by atoms with Crippen LogP contribution in [-0.4, -0.2) is 37.2 Å². The molecule has 0 rings (SSSR count). The lowest BCUT2D eigenvalue weighted by atomic mass is 10.1. The minimum atomic E-state index is -0.784. The second kappa shape index (κ2) is 69.3. The molecule has 0 aromatic rings. The van der Waals surface area contributed by atoms with E-state index in [-0.39, 0.29) is 31.1 Å². The van der Waals surface area contributed by atoms with Crippen molar-refractivity contribution in [1.82, 2.24) is 0 Å². The molecule has 0 spiro atoms. The molecule has 82 heavy (non-hydrogen) atoms. The summed E-state index contributed by atoms with van der Waals surface area (Å²) in [5, 5.41) is 0. The molecule has 0 N–H and O–H groups in total. The first-order valence-corrected chi connectivity index (χ1v) is 34.5. The topological polar surface area (TPSA) is 78.9 Å². The Morgan fingerprint density at radius 1 is 0.256 bits per heavy atom. The summed E-state index contributed by atoms with van der Waals surface area (Å²) >= 11 is 0. The van der Waals surface area contributed by atoms with Crippen molar-refractivity contribution < 1.29 is 28.6 Å². The first-order chi connectivity index (χ1) is 40.5. The summed E-state index contributed by atoms with van der Waals surface area (Å²) in [6.45, 7) is 6.52. The van der Waals surface area contributed by atoms with Gasteiger partial charge in [-0.15, -0.1) is 0 Å². The molecule has 468 valence electrons. The number of carbonyl (C=O) groups excluding carboxylic acids is 3. The highest BCUT2D eigenvalue weighted by atomic mass is 16.6. The summed E-state index contributed by atoms with van der Waals surface area (Å²) in [6, 6.07) is 0. The maximum Gasteiger partial charge on any atom is 0.306 e. The normalized spacial score (nSPS) is 12.9. The number of ether oxygens (including phenoxy) is 3. The van der Waals surface area contributed by atoms with E-state index >= 15 is 0 Å². The number of rotatable bonds is 62. The summed E-state index contributed by atoms with van der Waals surface area (Å²) in [5.74, 6) is -0.884. The SMILES string of the molecule is CC/C=C\C/C=C\C/C=C\C/C=C\C/C=C\C/C=C\C/C=C\C/C=C\CCCCCCCCCCCCC(=O)OCC(COC(=O)CCCCCCCCCCCCC)OC(=O)CCCCCCCCC/C=C\C/C=C\CCCCCC. The zero-order valence-electron chi connectivity index (χ0n) is 53.7. The van der Waals surface area contributed by atoms with Gasteiger partial charge in [-0.25, -0.2) is 0 Å². The third kappa shape index (κ3) is 66.6. The van der Waals surface area contributed by atoms with Gasteiger partial charge in [0.15, 0.2) is 6.10 Å². The molecule has 0 aromatic carbocycles. The van der Waals surface area contributed by atoms with Crippen molar-refractivity contribution in [3.8, 4) is 0 Å². The number of carbonyl (C=O) groups is 3. The van der Waals surface area contributed by atoms with Crippen LogP contribution in [0.25, 0.3) is 0 Å². The lowest BCUT2D eigenvalue weighted by Gasteiger charge is -2.18. The molecule has 0 radical (unpaired) electrons. The summed E-state index contributed by atoms with van der Waals surface area (Å²) in [6.07, 6.45) is 96.5. The van der Waals surface area contributed by atoms with E-state index in [0.29, 0.717) is 19.3 Å². The quantitative estimate of drug-likeness (QED) is 0.0261. The highest BCUT2D eigenvalue weighted by Gasteiger charge is 2.19. The van der Waals surface area contributed by atoms with Crippen molar-refractivity contribution in [2.24, 2.45) is 0 Å². The molecular formula is C76H128O6. The molecule has 0 saturated carbocycles. The van der Waals surface area contributed by atoms with E-state index in [4.69, 9.17) is 14.2 Å². The predicted octanol–water partition coefficient (Wildman–Crippen LogP) is 23.9. The van der Waals surface area contributed by atoms with Gasteiger partial charge in [-0.1, -0.05) is 309 Å². The molecule has 0 heterocycles. The van der Waals surface area contributed by atoms with Crippen LogP contribution in [0.15, 0.2) is 122 Å². The third-order valence-electron chi connectivity index (χ3n) is 14.7. The van der Waals surface area contributed by atoms with Gasteiger partial charge >= 0.3 is 17.9 Å². The molecule has 0 bridgehead atoms. The second-order valence-corrected chi connectivity index (χ2v) is 22.7. The standard InChI is InChI=1S/C76H128O6/c1-4-7-10-13-16-19-22-24-26-28-30-31-32-33-34-35-36-37-38-39-40-41-42-43-44-45-46-48-49-51-54-57-60-63-66-69-75(78)81-72-73(71-80-74(77)68-65-62-59-56-53-21-18-15-12-9-6-3)82-76(79)70-67-64-61-58-55-52-50-47-29-27-25-23-20-17-14-11-8-5-2/h7,10,16,19-20,23-24,26-27,29-31,33-34,36-37,39-40,42-43,73H,4-6,8-9,11-15,17-18,21-22,25,28,32,35,38,41,44-72H2,1-3H3/b10-7-,19-16-,23-20-,26-24-,29-27-,31-30-,34-33-,37-36-,40-39-,43-42-. The van der Waals surface area contributed by atoms with E-state index in [9.17, 15) is 14.4 Å². The molecule has 0 aliphatic rings. The van der Waals surface area contributed by atoms with Crippen LogP contribution in [0.2, 0.25) is 0 Å². The lowest BCUT2D eigenvalue weighted by molar-refractivity contribution is -0.167. The molecule has 0 fully saturated rings. The van der Waals surface area contributed by atoms with Gasteiger partial charge in [0.25, 0.3) is 0 Å². The zero-order chi connectivity index (χ0) is 59.2. The number of hydrogen-bond acceptors (Lipinski definition) is 6. The van der Waals surface area contributed by atoms with Crippen LogP contribution in [0, 0.1) is 0 Å². The van der Waals surface area contributed by atoms with Gasteiger partial charge in [-0.3, -0.25) is 14.4 Å². The Morgan fingerprint density at radius 3 is 0.756 bits per heavy atom. The highest BCUT2D eigenvalue weighted by Crippen LogP contribution is 2.16. The Balaban J connectivity index is 4.21. The molecule has 6 heteroatoms. The first-order valence-electron chi connectivity index (χ1n) is 34.5. The first kappa shape index (κ1) is 77.8. The Hall–Kier alpha value is -4.19. The van der Waals surface area contributed by atoms with Gasteiger partial charge in [-0.05, 0) is 116 Å². The zero-order valence-corrected chi connectivity index (χ0v) is 53.7. The van der Waals surface area contributed by atoms with Crippen LogP contribution < -0.4 is 0 Å². The van der Waals surface area contributed by atoms with Gasteiger partial charge in [-0.2, -0.15) is 0 Å². The summed E-state index contributed by atoms with van der Waals surface area (Å²) in [7, 11) is 0. The van der Waals surface area contributed by atoms with Crippen LogP contribution in [0.3, 0.4) is 0 Å². The monoisotopic (exact) mass is 1140 g/mol. The Labute approximate surface area is 507 Å². The van der Waals surface area contributed by atoms with Gasteiger partial charge in [0, 0.05) is 19.3 Å². The van der Waals surface area contributed by atoms with Crippen molar-refractivity contribution in [1.29, 1.82) is 0 Å². The van der Waals surface area contributed by atoms with E-state index in [1.54, 1.807) is 0 Å². The molecule has 0 aromatic heterocycles. The molecule has 0 aliphatic carbocycles. The molecule has 1 unspecified atom stereocenters. The Bertz CT molecular complexity index is 1690. The second-order valence-electron chi connectivity index (χ2n) is 22.7. The van der Waals surface area contributed by atoms with Crippen molar-refractivity contribution in [3.05, 3.63) is 122 Å². The lowest BCUT2D eigenvalue weighted by Crippen LogP contribution is -2.30. The van der Waals surface area contributed by atoms with Crippen molar-refractivity contribution in [3.63, 3.8) is 0 Å². The molecule has 0 amide bonds. The summed E-state index contributed by atoms with van der Waals surface area (Å²) in [4.78, 5) is 38.3. The van der Waals surface area contributed by atoms with Crippen molar-refractivity contribution >= 4 is 17.9 Å². The van der Waals surface area contributed by atoms with Crippen LogP contribution in [0.5, 0.6) is 0 Å². The van der Waals surface area contributed by atoms with Crippen molar-refractivity contribution in [2.75, 3.05) is 13.2 Å². The van der Waals surface area contributed by atoms with Crippen molar-refractivity contribution in [2.45, 2.75) is 329 Å². The van der Waals surface area contributed by atoms with Crippen LogP contribution in [0.4, 0.5) is 0 Å². The van der Waals surface area contributed by atoms with Gasteiger partial charge in [0.05, 0.1) is 0 Å². The van der Waals surface area contributed by atoms with Crippen LogP contribution in [-0.2, 0) is 28.6 Å². The average Bonchev–Trinajstić information content (AvgIpc) is 3.47. The Kier molecular flexibility index (Phi) is 65.8. The minimum Gasteiger partial charge on any atom is -0.462 e. The summed E-state index contributed by atoms with van der Waals surface area (Å²) < 4.78 is 16.9. The largest absolute Gasteiger partial charge is 0.462 e. The third-order valence-corrected chi connectivity index (χ3v) is 14.7. The van der Waals surface area contributed by atoms with E-state index in [0.717, 1.165) is 122 Å². The van der Waals surface area contributed by atoms with E-state index < -0.39 is 6.10 Å². The maximum atomic E-state index is 12.9. The maximum absolute atomic E-state index is 12.9. The fourth-order valence-corrected chi connectivity index (χ4v) is 9.55. The molecular weight excluding hydrogens is 1010 g/mol. The number of esters is 3. The Morgan fingerprint density at radius 2 is 0.476 bits per heavy atom. The van der Waals surface area contributed by atoms with E-state index in [2.05, 4.69) is 142 Å². The van der Waals surface area contributed by atoms with Gasteiger partial charge in [0.1, 0.15) is 13.2 Å². The molecule has 0 aliphatic heterocycles. The fraction of sp³-hybridized carbons (Fsp3) is 0.697. The van der Waals surface area contributed by atoms with Crippen LogP contribution >= 0.6 is 0 Å². The minimum absolute atomic E-state index is 0.0803. The molecule has 0 saturated heterocycles. The smallest absolute Gasteiger partial charge is 0.306 e. The van der Waals surface area contributed by atoms with Gasteiger partial charge in [0.2, 0.25) is 0 Å². The van der Waals surface area contributed by atoms with E-state index in [1.807, 2.05) is 0 Å².